The highest BCUT2D eigenvalue weighted by Gasteiger charge is 2.51. The van der Waals surface area contributed by atoms with Crippen molar-refractivity contribution < 1.29 is 4.79 Å². The zero-order valence-corrected chi connectivity index (χ0v) is 18.8. The number of benzene rings is 2. The average Bonchev–Trinajstić information content (AvgIpc) is 3.37. The number of rotatable bonds is 2. The van der Waals surface area contributed by atoms with Gasteiger partial charge >= 0.3 is 0 Å². The molecule has 3 atom stereocenters. The number of piperidine rings is 1. The molecule has 2 aromatic rings. The molecule has 0 radical (unpaired) electrons. The molecule has 4 nitrogen and oxygen atoms in total. The number of fused-ring (bicyclic) bond motifs is 3. The summed E-state index contributed by atoms with van der Waals surface area (Å²) in [7, 11) is 0. The topological polar surface area (TPSA) is 35.6 Å². The molecule has 1 N–H and O–H groups in total. The van der Waals surface area contributed by atoms with E-state index < -0.39 is 0 Å². The Morgan fingerprint density at radius 1 is 0.935 bits per heavy atom. The standard InChI is InChI=1S/C26H31N3O.ClH/c30-25-26(29(18-27-25)21-7-2-1-3-8-21)12-14-28(15-13-26)22-16-20-11-10-19-6-4-5-9-23(19)24(20)17-22;/h1-9,20,22,24H,10-18H2,(H,27,30);1H/t20-,22?,24+;/m1./s1. The number of para-hydroxylation sites is 1. The minimum atomic E-state index is -0.365. The van der Waals surface area contributed by atoms with Gasteiger partial charge in [-0.2, -0.15) is 0 Å². The van der Waals surface area contributed by atoms with Crippen LogP contribution in [0.1, 0.15) is 49.1 Å². The number of nitrogens with one attached hydrogen (secondary N) is 1. The van der Waals surface area contributed by atoms with Crippen LogP contribution in [0.15, 0.2) is 54.6 Å². The number of anilines is 1. The number of carbonyl (C=O) groups excluding carboxylic acids is 1. The highest BCUT2D eigenvalue weighted by Crippen LogP contribution is 2.49. The molecule has 0 bridgehead atoms. The molecule has 4 aliphatic rings. The number of halogens is 1. The van der Waals surface area contributed by atoms with Crippen molar-refractivity contribution in [2.45, 2.75) is 56.0 Å². The molecule has 2 heterocycles. The number of aryl methyl sites for hydroxylation is 1. The third kappa shape index (κ3) is 3.35. The van der Waals surface area contributed by atoms with Crippen molar-refractivity contribution in [1.29, 1.82) is 0 Å². The first-order chi connectivity index (χ1) is 14.7. The van der Waals surface area contributed by atoms with E-state index in [0.717, 1.165) is 43.5 Å². The molecular formula is C26H32ClN3O. The Morgan fingerprint density at radius 2 is 1.68 bits per heavy atom. The first kappa shape index (κ1) is 20.8. The minimum Gasteiger partial charge on any atom is -0.339 e. The Labute approximate surface area is 191 Å². The van der Waals surface area contributed by atoms with E-state index in [1.807, 2.05) is 6.07 Å². The van der Waals surface area contributed by atoms with Gasteiger partial charge in [-0.3, -0.25) is 4.79 Å². The quantitative estimate of drug-likeness (QED) is 0.758. The van der Waals surface area contributed by atoms with Crippen molar-refractivity contribution in [2.75, 3.05) is 24.7 Å². The van der Waals surface area contributed by atoms with E-state index in [9.17, 15) is 4.79 Å². The largest absolute Gasteiger partial charge is 0.339 e. The van der Waals surface area contributed by atoms with Gasteiger partial charge in [0.15, 0.2) is 0 Å². The third-order valence-electron chi connectivity index (χ3n) is 8.46. The maximum atomic E-state index is 12.9. The van der Waals surface area contributed by atoms with Gasteiger partial charge in [-0.15, -0.1) is 12.4 Å². The summed E-state index contributed by atoms with van der Waals surface area (Å²) < 4.78 is 0. The molecule has 6 rings (SSSR count). The number of nitrogens with zero attached hydrogens (tertiary/aromatic N) is 2. The molecule has 2 saturated heterocycles. The maximum absolute atomic E-state index is 12.9. The molecule has 1 spiro atoms. The summed E-state index contributed by atoms with van der Waals surface area (Å²) in [6.07, 6.45) is 7.08. The van der Waals surface area contributed by atoms with E-state index in [1.165, 1.54) is 25.7 Å². The lowest BCUT2D eigenvalue weighted by molar-refractivity contribution is -0.125. The minimum absolute atomic E-state index is 0. The number of likely N-dealkylation sites (tertiary alicyclic amines) is 1. The van der Waals surface area contributed by atoms with Gasteiger partial charge in [0, 0.05) is 24.8 Å². The van der Waals surface area contributed by atoms with E-state index in [-0.39, 0.29) is 23.9 Å². The summed E-state index contributed by atoms with van der Waals surface area (Å²) in [6.45, 7) is 2.69. The van der Waals surface area contributed by atoms with Crippen LogP contribution in [0.3, 0.4) is 0 Å². The summed E-state index contributed by atoms with van der Waals surface area (Å²) in [6, 6.07) is 20.2. The van der Waals surface area contributed by atoms with Crippen LogP contribution in [0.2, 0.25) is 0 Å². The fourth-order valence-electron chi connectivity index (χ4n) is 6.85. The molecule has 3 fully saturated rings. The van der Waals surface area contributed by atoms with Gasteiger partial charge in [-0.25, -0.2) is 0 Å². The Bertz CT molecular complexity index is 941. The predicted molar refractivity (Wildman–Crippen MR) is 127 cm³/mol. The predicted octanol–water partition coefficient (Wildman–Crippen LogP) is 4.35. The second-order valence-corrected chi connectivity index (χ2v) is 9.72. The van der Waals surface area contributed by atoms with Crippen molar-refractivity contribution in [1.82, 2.24) is 10.2 Å². The SMILES string of the molecule is Cl.O=C1NCN(c2ccccc2)C12CCN(C1C[C@H]3CCc4ccccc4[C@H]3C1)CC2. The van der Waals surface area contributed by atoms with Crippen LogP contribution in [0, 0.1) is 5.92 Å². The van der Waals surface area contributed by atoms with Crippen molar-refractivity contribution in [3.63, 3.8) is 0 Å². The van der Waals surface area contributed by atoms with Crippen LogP contribution in [0.5, 0.6) is 0 Å². The molecule has 1 unspecified atom stereocenters. The van der Waals surface area contributed by atoms with Gasteiger partial charge in [0.2, 0.25) is 5.91 Å². The molecule has 2 aliphatic heterocycles. The van der Waals surface area contributed by atoms with Gasteiger partial charge in [0.1, 0.15) is 5.54 Å². The Kier molecular flexibility index (Phi) is 5.47. The molecule has 164 valence electrons. The smallest absolute Gasteiger partial charge is 0.247 e. The van der Waals surface area contributed by atoms with Crippen molar-refractivity contribution in [3.8, 4) is 0 Å². The number of hydrogen-bond donors (Lipinski definition) is 1. The number of carbonyl (C=O) groups is 1. The number of hydrogen-bond acceptors (Lipinski definition) is 3. The zero-order chi connectivity index (χ0) is 20.1. The Morgan fingerprint density at radius 3 is 2.48 bits per heavy atom. The van der Waals surface area contributed by atoms with E-state index in [4.69, 9.17) is 0 Å². The average molecular weight is 438 g/mol. The normalized spacial score (nSPS) is 29.2. The second kappa shape index (κ2) is 8.14. The zero-order valence-electron chi connectivity index (χ0n) is 18.0. The van der Waals surface area contributed by atoms with Gasteiger partial charge in [0.25, 0.3) is 0 Å². The second-order valence-electron chi connectivity index (χ2n) is 9.72. The highest BCUT2D eigenvalue weighted by atomic mass is 35.5. The van der Waals surface area contributed by atoms with E-state index in [0.29, 0.717) is 12.7 Å². The van der Waals surface area contributed by atoms with Crippen LogP contribution in [0.25, 0.3) is 0 Å². The molecule has 2 aliphatic carbocycles. The molecule has 1 saturated carbocycles. The molecule has 2 aromatic carbocycles. The summed E-state index contributed by atoms with van der Waals surface area (Å²) in [5, 5.41) is 3.13. The van der Waals surface area contributed by atoms with Gasteiger partial charge < -0.3 is 15.1 Å². The fourth-order valence-corrected chi connectivity index (χ4v) is 6.85. The summed E-state index contributed by atoms with van der Waals surface area (Å²) >= 11 is 0. The Hall–Kier alpha value is -2.04. The van der Waals surface area contributed by atoms with E-state index >= 15 is 0 Å². The van der Waals surface area contributed by atoms with Crippen LogP contribution < -0.4 is 10.2 Å². The number of amides is 1. The third-order valence-corrected chi connectivity index (χ3v) is 8.46. The molecule has 5 heteroatoms. The van der Waals surface area contributed by atoms with Gasteiger partial charge in [-0.05, 0) is 73.6 Å². The van der Waals surface area contributed by atoms with Crippen LogP contribution in [-0.4, -0.2) is 42.1 Å². The van der Waals surface area contributed by atoms with Crippen LogP contribution in [-0.2, 0) is 11.2 Å². The molecule has 31 heavy (non-hydrogen) atoms. The molecule has 0 aromatic heterocycles. The first-order valence-electron chi connectivity index (χ1n) is 11.7. The lowest BCUT2D eigenvalue weighted by Gasteiger charge is -2.45. The highest BCUT2D eigenvalue weighted by molar-refractivity contribution is 5.93. The van der Waals surface area contributed by atoms with Crippen molar-refractivity contribution >= 4 is 24.0 Å². The monoisotopic (exact) mass is 437 g/mol. The van der Waals surface area contributed by atoms with Gasteiger partial charge in [0.05, 0.1) is 6.67 Å². The van der Waals surface area contributed by atoms with Crippen molar-refractivity contribution in [3.05, 3.63) is 65.7 Å². The first-order valence-corrected chi connectivity index (χ1v) is 11.7. The van der Waals surface area contributed by atoms with Gasteiger partial charge in [-0.1, -0.05) is 42.5 Å². The lowest BCUT2D eigenvalue weighted by Crippen LogP contribution is -2.57. The van der Waals surface area contributed by atoms with Crippen LogP contribution >= 0.6 is 12.4 Å². The van der Waals surface area contributed by atoms with Crippen molar-refractivity contribution in [2.24, 2.45) is 5.92 Å². The molecular weight excluding hydrogens is 406 g/mol. The lowest BCUT2D eigenvalue weighted by atomic mass is 9.77. The maximum Gasteiger partial charge on any atom is 0.247 e. The van der Waals surface area contributed by atoms with E-state index in [1.54, 1.807) is 11.1 Å². The fraction of sp³-hybridized carbons (Fsp3) is 0.500. The Balaban J connectivity index is 0.00000204. The molecule has 1 amide bonds. The summed E-state index contributed by atoms with van der Waals surface area (Å²) in [5.74, 6) is 1.81. The van der Waals surface area contributed by atoms with Crippen LogP contribution in [0.4, 0.5) is 5.69 Å². The summed E-state index contributed by atoms with van der Waals surface area (Å²) in [4.78, 5) is 18.0. The van der Waals surface area contributed by atoms with E-state index in [2.05, 4.69) is 63.6 Å². The summed E-state index contributed by atoms with van der Waals surface area (Å²) in [5.41, 5.74) is 4.00.